The number of alkyl halides is 3. The summed E-state index contributed by atoms with van der Waals surface area (Å²) in [6, 6.07) is 5.40. The molecule has 0 spiro atoms. The number of halogens is 3. The largest absolute Gasteiger partial charge is 0.465 e. The zero-order valence-corrected chi connectivity index (χ0v) is 19.8. The summed E-state index contributed by atoms with van der Waals surface area (Å²) in [5, 5.41) is 0. The Bertz CT molecular complexity index is 1120. The molecule has 0 bridgehead atoms. The number of thiophene rings is 1. The van der Waals surface area contributed by atoms with Gasteiger partial charge in [0.25, 0.3) is 10.0 Å². The van der Waals surface area contributed by atoms with E-state index in [2.05, 4.69) is 4.72 Å². The fraction of sp³-hybridized carbons (Fsp3) is 0.476. The summed E-state index contributed by atoms with van der Waals surface area (Å²) in [6.45, 7) is 5.75. The number of nitrogens with zero attached hydrogens (tertiary/aromatic N) is 1. The van der Waals surface area contributed by atoms with Crippen LogP contribution in [0.2, 0.25) is 0 Å². The topological polar surface area (TPSA) is 75.7 Å². The number of ether oxygens (including phenoxy) is 1. The Kier molecular flexibility index (Phi) is 6.77. The summed E-state index contributed by atoms with van der Waals surface area (Å²) in [4.78, 5) is 14.9. The predicted molar refractivity (Wildman–Crippen MR) is 115 cm³/mol. The molecule has 1 aliphatic rings. The minimum absolute atomic E-state index is 0.0135. The van der Waals surface area contributed by atoms with Crippen LogP contribution in [0.1, 0.15) is 52.7 Å². The van der Waals surface area contributed by atoms with Gasteiger partial charge >= 0.3 is 12.1 Å². The minimum Gasteiger partial charge on any atom is -0.465 e. The number of rotatable bonds is 5. The van der Waals surface area contributed by atoms with E-state index in [-0.39, 0.29) is 28.4 Å². The standard InChI is InChI=1S/C21H25F3N2O4S2/c1-20(2,3)25-32(28,29)19-17(18(27)30-4)14-9-10-26(12-16(14)31-19)11-13-7-5-6-8-15(13)21(22,23)24/h5-8,25H,9-12H2,1-4H3. The van der Waals surface area contributed by atoms with Crippen LogP contribution in [0.4, 0.5) is 13.2 Å². The van der Waals surface area contributed by atoms with Crippen LogP contribution < -0.4 is 4.72 Å². The molecule has 32 heavy (non-hydrogen) atoms. The second-order valence-corrected chi connectivity index (χ2v) is 11.6. The zero-order valence-electron chi connectivity index (χ0n) is 18.2. The highest BCUT2D eigenvalue weighted by Gasteiger charge is 2.37. The molecule has 1 aromatic heterocycles. The van der Waals surface area contributed by atoms with Crippen molar-refractivity contribution in [3.8, 4) is 0 Å². The maximum Gasteiger partial charge on any atom is 0.416 e. The molecule has 3 rings (SSSR count). The van der Waals surface area contributed by atoms with Gasteiger partial charge in [-0.2, -0.15) is 13.2 Å². The summed E-state index contributed by atoms with van der Waals surface area (Å²) in [7, 11) is -2.82. The molecule has 0 amide bonds. The molecule has 11 heteroatoms. The minimum atomic E-state index is -4.46. The average Bonchev–Trinajstić information content (AvgIpc) is 3.05. The maximum absolute atomic E-state index is 13.4. The Labute approximate surface area is 189 Å². The van der Waals surface area contributed by atoms with E-state index in [1.54, 1.807) is 26.8 Å². The van der Waals surface area contributed by atoms with E-state index in [1.807, 2.05) is 4.90 Å². The lowest BCUT2D eigenvalue weighted by Gasteiger charge is -2.28. The molecule has 1 N–H and O–H groups in total. The van der Waals surface area contributed by atoms with Crippen LogP contribution in [-0.4, -0.2) is 38.5 Å². The van der Waals surface area contributed by atoms with Gasteiger partial charge in [0.15, 0.2) is 0 Å². The average molecular weight is 491 g/mol. The molecule has 0 saturated heterocycles. The predicted octanol–water partition coefficient (Wildman–Crippen LogP) is 4.19. The van der Waals surface area contributed by atoms with Crippen molar-refractivity contribution in [1.82, 2.24) is 9.62 Å². The molecule has 0 aliphatic carbocycles. The third-order valence-electron chi connectivity index (χ3n) is 4.89. The number of esters is 1. The van der Waals surface area contributed by atoms with E-state index in [0.717, 1.165) is 17.4 Å². The number of sulfonamides is 1. The molecule has 0 saturated carbocycles. The van der Waals surface area contributed by atoms with Crippen LogP contribution in [0.15, 0.2) is 28.5 Å². The molecule has 176 valence electrons. The monoisotopic (exact) mass is 490 g/mol. The van der Waals surface area contributed by atoms with Crippen LogP contribution in [0, 0.1) is 0 Å². The third kappa shape index (κ3) is 5.33. The van der Waals surface area contributed by atoms with Crippen molar-refractivity contribution >= 4 is 27.3 Å². The lowest BCUT2D eigenvalue weighted by atomic mass is 10.0. The molecule has 6 nitrogen and oxygen atoms in total. The van der Waals surface area contributed by atoms with Gasteiger partial charge < -0.3 is 4.74 Å². The van der Waals surface area contributed by atoms with Crippen molar-refractivity contribution in [2.45, 2.75) is 56.2 Å². The highest BCUT2D eigenvalue weighted by atomic mass is 32.2. The molecule has 0 atom stereocenters. The van der Waals surface area contributed by atoms with E-state index >= 15 is 0 Å². The number of fused-ring (bicyclic) bond motifs is 1. The number of hydrogen-bond donors (Lipinski definition) is 1. The summed E-state index contributed by atoms with van der Waals surface area (Å²) in [5.74, 6) is -0.743. The molecule has 0 radical (unpaired) electrons. The third-order valence-corrected chi connectivity index (χ3v) is 8.39. The van der Waals surface area contributed by atoms with Gasteiger partial charge in [-0.3, -0.25) is 4.90 Å². The fourth-order valence-corrected chi connectivity index (χ4v) is 7.04. The second-order valence-electron chi connectivity index (χ2n) is 8.63. The maximum atomic E-state index is 13.4. The molecule has 0 unspecified atom stereocenters. The number of nitrogens with one attached hydrogen (secondary N) is 1. The summed E-state index contributed by atoms with van der Waals surface area (Å²) in [6.07, 6.45) is -4.13. The Morgan fingerprint density at radius 2 is 1.88 bits per heavy atom. The first-order chi connectivity index (χ1) is 14.7. The molecule has 1 aliphatic heterocycles. The number of benzene rings is 1. The lowest BCUT2D eigenvalue weighted by molar-refractivity contribution is -0.138. The molecule has 2 heterocycles. The van der Waals surface area contributed by atoms with Gasteiger partial charge in [-0.1, -0.05) is 18.2 Å². The lowest BCUT2D eigenvalue weighted by Crippen LogP contribution is -2.40. The first kappa shape index (κ1) is 24.7. The van der Waals surface area contributed by atoms with Gasteiger partial charge in [-0.05, 0) is 44.4 Å². The van der Waals surface area contributed by atoms with Crippen molar-refractivity contribution in [3.05, 3.63) is 51.4 Å². The van der Waals surface area contributed by atoms with E-state index in [1.165, 1.54) is 19.2 Å². The van der Waals surface area contributed by atoms with E-state index in [4.69, 9.17) is 4.74 Å². The van der Waals surface area contributed by atoms with Crippen LogP contribution in [0.5, 0.6) is 0 Å². The Morgan fingerprint density at radius 1 is 1.22 bits per heavy atom. The fourth-order valence-electron chi connectivity index (χ4n) is 3.69. The van der Waals surface area contributed by atoms with Crippen LogP contribution in [0.25, 0.3) is 0 Å². The molecule has 1 aromatic carbocycles. The Hall–Kier alpha value is -1.95. The second kappa shape index (κ2) is 8.77. The highest BCUT2D eigenvalue weighted by molar-refractivity contribution is 7.91. The normalized spacial score (nSPS) is 15.5. The summed E-state index contributed by atoms with van der Waals surface area (Å²) < 4.78 is 73.3. The van der Waals surface area contributed by atoms with Crippen molar-refractivity contribution in [2.75, 3.05) is 13.7 Å². The van der Waals surface area contributed by atoms with Gasteiger partial charge in [0.2, 0.25) is 0 Å². The zero-order chi connectivity index (χ0) is 23.9. The first-order valence-corrected chi connectivity index (χ1v) is 12.2. The molecule has 2 aromatic rings. The molecule has 0 fully saturated rings. The van der Waals surface area contributed by atoms with Crippen LogP contribution >= 0.6 is 11.3 Å². The van der Waals surface area contributed by atoms with E-state index in [9.17, 15) is 26.4 Å². The van der Waals surface area contributed by atoms with Gasteiger partial charge in [0, 0.05) is 30.1 Å². The number of carbonyl (C=O) groups is 1. The number of methoxy groups -OCH3 is 1. The Balaban J connectivity index is 1.96. The smallest absolute Gasteiger partial charge is 0.416 e. The van der Waals surface area contributed by atoms with Gasteiger partial charge in [-0.15, -0.1) is 11.3 Å². The highest BCUT2D eigenvalue weighted by Crippen LogP contribution is 2.38. The SMILES string of the molecule is COC(=O)c1c(S(=O)(=O)NC(C)(C)C)sc2c1CCN(Cc1ccccc1C(F)(F)F)C2. The van der Waals surface area contributed by atoms with Crippen molar-refractivity contribution in [1.29, 1.82) is 0 Å². The van der Waals surface area contributed by atoms with Crippen LogP contribution in [0.3, 0.4) is 0 Å². The van der Waals surface area contributed by atoms with Crippen molar-refractivity contribution in [3.63, 3.8) is 0 Å². The van der Waals surface area contributed by atoms with E-state index < -0.39 is 33.3 Å². The van der Waals surface area contributed by atoms with Gasteiger partial charge in [0.1, 0.15) is 4.21 Å². The quantitative estimate of drug-likeness (QED) is 0.637. The summed E-state index contributed by atoms with van der Waals surface area (Å²) in [5.41, 5.74) is -0.708. The van der Waals surface area contributed by atoms with Crippen LogP contribution in [-0.2, 0) is 40.4 Å². The van der Waals surface area contributed by atoms with Gasteiger partial charge in [-0.25, -0.2) is 17.9 Å². The van der Waals surface area contributed by atoms with Crippen molar-refractivity contribution in [2.24, 2.45) is 0 Å². The number of hydrogen-bond acceptors (Lipinski definition) is 6. The molecular formula is C21H25F3N2O4S2. The first-order valence-electron chi connectivity index (χ1n) is 9.87. The van der Waals surface area contributed by atoms with Gasteiger partial charge in [0.05, 0.1) is 18.2 Å². The van der Waals surface area contributed by atoms with E-state index in [0.29, 0.717) is 23.4 Å². The van der Waals surface area contributed by atoms with Crippen molar-refractivity contribution < 1.29 is 31.1 Å². The summed E-state index contributed by atoms with van der Waals surface area (Å²) >= 11 is 0.962. The Morgan fingerprint density at radius 3 is 2.47 bits per heavy atom. The number of carbonyl (C=O) groups excluding carboxylic acids is 1. The molecular weight excluding hydrogens is 465 g/mol.